The minimum Gasteiger partial charge on any atom is -0.481 e. The van der Waals surface area contributed by atoms with Crippen molar-refractivity contribution in [3.8, 4) is 11.3 Å². The maximum absolute atomic E-state index is 11.5. The van der Waals surface area contributed by atoms with Crippen molar-refractivity contribution in [1.29, 1.82) is 0 Å². The van der Waals surface area contributed by atoms with Gasteiger partial charge in [-0.1, -0.05) is 29.8 Å². The van der Waals surface area contributed by atoms with Crippen LogP contribution in [0, 0.1) is 6.92 Å². The lowest BCUT2D eigenvalue weighted by atomic mass is 10.0. The van der Waals surface area contributed by atoms with Crippen LogP contribution in [0.3, 0.4) is 0 Å². The Bertz CT molecular complexity index is 1220. The molecule has 7 heteroatoms. The molecule has 0 aliphatic heterocycles. The Morgan fingerprint density at radius 3 is 2.79 bits per heavy atom. The molecule has 2 aromatic heterocycles. The molecule has 0 bridgehead atoms. The zero-order chi connectivity index (χ0) is 20.5. The number of benzene rings is 2. The number of hydrogen-bond donors (Lipinski definition) is 1. The second-order valence-electron chi connectivity index (χ2n) is 6.80. The highest BCUT2D eigenvalue weighted by Gasteiger charge is 2.16. The van der Waals surface area contributed by atoms with E-state index in [4.69, 9.17) is 11.6 Å². The van der Waals surface area contributed by atoms with Gasteiger partial charge in [0.2, 0.25) is 0 Å². The topological polar surface area (TPSA) is 68.0 Å². The maximum Gasteiger partial charge on any atom is 0.307 e. The molecule has 0 saturated heterocycles. The predicted molar refractivity (Wildman–Crippen MR) is 118 cm³/mol. The van der Waals surface area contributed by atoms with Gasteiger partial charge in [0.25, 0.3) is 0 Å². The van der Waals surface area contributed by atoms with E-state index in [-0.39, 0.29) is 6.42 Å². The second kappa shape index (κ2) is 7.81. The number of aryl methyl sites for hydroxylation is 2. The van der Waals surface area contributed by atoms with Crippen LogP contribution in [-0.2, 0) is 11.8 Å². The number of rotatable bonds is 5. The summed E-state index contributed by atoms with van der Waals surface area (Å²) in [4.78, 5) is 16.2. The van der Waals surface area contributed by atoms with E-state index in [9.17, 15) is 9.90 Å². The number of nitrogens with zero attached hydrogens (tertiary/aromatic N) is 3. The van der Waals surface area contributed by atoms with Crippen LogP contribution in [0.2, 0.25) is 5.02 Å². The van der Waals surface area contributed by atoms with E-state index in [0.717, 1.165) is 32.6 Å². The summed E-state index contributed by atoms with van der Waals surface area (Å²) in [6, 6.07) is 13.5. The first-order valence-electron chi connectivity index (χ1n) is 8.99. The Labute approximate surface area is 176 Å². The van der Waals surface area contributed by atoms with E-state index >= 15 is 0 Å². The summed E-state index contributed by atoms with van der Waals surface area (Å²) in [5.74, 6) is -0.900. The number of aromatic nitrogens is 3. The third-order valence-electron chi connectivity index (χ3n) is 4.53. The lowest BCUT2D eigenvalue weighted by Crippen LogP contribution is -1.97. The summed E-state index contributed by atoms with van der Waals surface area (Å²) >= 11 is 7.66. The molecule has 4 aromatic rings. The summed E-state index contributed by atoms with van der Waals surface area (Å²) in [6.45, 7) is 1.95. The quantitative estimate of drug-likeness (QED) is 0.448. The summed E-state index contributed by atoms with van der Waals surface area (Å²) in [6.07, 6.45) is 3.64. The highest BCUT2D eigenvalue weighted by molar-refractivity contribution is 7.19. The molecule has 0 amide bonds. The van der Waals surface area contributed by atoms with E-state index in [1.54, 1.807) is 4.68 Å². The van der Waals surface area contributed by atoms with Gasteiger partial charge in [0, 0.05) is 29.4 Å². The Balaban J connectivity index is 1.84. The first-order valence-corrected chi connectivity index (χ1v) is 10.2. The SMILES string of the molecule is Cc1cc(-c2nn(C)cc2/C=C(\CC(=O)O)c2nc3ccccc3s2)ccc1Cl. The molecule has 0 aliphatic rings. The highest BCUT2D eigenvalue weighted by atomic mass is 35.5. The average Bonchev–Trinajstić information content (AvgIpc) is 3.26. The van der Waals surface area contributed by atoms with Crippen molar-refractivity contribution in [3.05, 3.63) is 69.8 Å². The Hall–Kier alpha value is -2.96. The van der Waals surface area contributed by atoms with Crippen LogP contribution in [0.1, 0.15) is 22.6 Å². The van der Waals surface area contributed by atoms with E-state index in [1.807, 2.05) is 68.7 Å². The predicted octanol–water partition coefficient (Wildman–Crippen LogP) is 5.67. The molecule has 0 unspecified atom stereocenters. The fourth-order valence-corrected chi connectivity index (χ4v) is 4.27. The monoisotopic (exact) mass is 423 g/mol. The molecule has 2 aromatic carbocycles. The number of halogens is 1. The van der Waals surface area contributed by atoms with E-state index in [0.29, 0.717) is 15.6 Å². The first-order chi connectivity index (χ1) is 13.9. The number of carbonyl (C=O) groups is 1. The van der Waals surface area contributed by atoms with Crippen molar-refractivity contribution in [3.63, 3.8) is 0 Å². The van der Waals surface area contributed by atoms with E-state index < -0.39 is 5.97 Å². The summed E-state index contributed by atoms with van der Waals surface area (Å²) in [5, 5.41) is 15.4. The van der Waals surface area contributed by atoms with Gasteiger partial charge in [-0.05, 0) is 48.4 Å². The Kier molecular flexibility index (Phi) is 5.22. The van der Waals surface area contributed by atoms with Crippen LogP contribution in [0.25, 0.3) is 33.1 Å². The highest BCUT2D eigenvalue weighted by Crippen LogP contribution is 2.33. The molecule has 4 rings (SSSR count). The fraction of sp³-hybridized carbons (Fsp3) is 0.136. The van der Waals surface area contributed by atoms with Crippen molar-refractivity contribution in [2.45, 2.75) is 13.3 Å². The van der Waals surface area contributed by atoms with Crippen molar-refractivity contribution in [2.75, 3.05) is 0 Å². The Morgan fingerprint density at radius 2 is 2.07 bits per heavy atom. The molecule has 0 atom stereocenters. The van der Waals surface area contributed by atoms with Crippen molar-refractivity contribution in [1.82, 2.24) is 14.8 Å². The smallest absolute Gasteiger partial charge is 0.307 e. The molecule has 1 N–H and O–H groups in total. The molecule has 0 radical (unpaired) electrons. The number of para-hydroxylation sites is 1. The molecule has 146 valence electrons. The van der Waals surface area contributed by atoms with Gasteiger partial charge in [0.05, 0.1) is 22.3 Å². The maximum atomic E-state index is 11.5. The lowest BCUT2D eigenvalue weighted by Gasteiger charge is -2.05. The minimum atomic E-state index is -0.900. The van der Waals surface area contributed by atoms with Gasteiger partial charge in [-0.3, -0.25) is 9.48 Å². The normalized spacial score (nSPS) is 11.9. The summed E-state index contributed by atoms with van der Waals surface area (Å²) in [5.41, 5.74) is 5.02. The van der Waals surface area contributed by atoms with Crippen LogP contribution >= 0.6 is 22.9 Å². The van der Waals surface area contributed by atoms with E-state index in [2.05, 4.69) is 10.1 Å². The number of fused-ring (bicyclic) bond motifs is 1. The van der Waals surface area contributed by atoms with Gasteiger partial charge in [-0.15, -0.1) is 11.3 Å². The third-order valence-corrected chi connectivity index (χ3v) is 6.06. The minimum absolute atomic E-state index is 0.117. The average molecular weight is 424 g/mol. The lowest BCUT2D eigenvalue weighted by molar-refractivity contribution is -0.135. The van der Waals surface area contributed by atoms with Gasteiger partial charge in [0.15, 0.2) is 0 Å². The molecule has 0 saturated carbocycles. The number of aliphatic carboxylic acids is 1. The third kappa shape index (κ3) is 4.09. The van der Waals surface area contributed by atoms with Gasteiger partial charge in [-0.25, -0.2) is 4.98 Å². The van der Waals surface area contributed by atoms with Gasteiger partial charge in [0.1, 0.15) is 5.01 Å². The van der Waals surface area contributed by atoms with Crippen LogP contribution in [0.15, 0.2) is 48.7 Å². The second-order valence-corrected chi connectivity index (χ2v) is 8.24. The van der Waals surface area contributed by atoms with Crippen LogP contribution in [-0.4, -0.2) is 25.8 Å². The molecule has 2 heterocycles. The van der Waals surface area contributed by atoms with Crippen LogP contribution in [0.5, 0.6) is 0 Å². The molecule has 0 spiro atoms. The molecule has 5 nitrogen and oxygen atoms in total. The number of carboxylic acid groups (broad SMARTS) is 1. The molecule has 29 heavy (non-hydrogen) atoms. The fourth-order valence-electron chi connectivity index (χ4n) is 3.18. The zero-order valence-electron chi connectivity index (χ0n) is 15.9. The molecule has 0 fully saturated rings. The Morgan fingerprint density at radius 1 is 1.28 bits per heavy atom. The van der Waals surface area contributed by atoms with Gasteiger partial charge >= 0.3 is 5.97 Å². The number of thiazole rings is 1. The molecular formula is C22H18ClN3O2S. The van der Waals surface area contributed by atoms with Crippen LogP contribution in [0.4, 0.5) is 0 Å². The van der Waals surface area contributed by atoms with E-state index in [1.165, 1.54) is 11.3 Å². The van der Waals surface area contributed by atoms with Crippen LogP contribution < -0.4 is 0 Å². The van der Waals surface area contributed by atoms with Crippen molar-refractivity contribution < 1.29 is 9.90 Å². The van der Waals surface area contributed by atoms with Gasteiger partial charge < -0.3 is 5.11 Å². The largest absolute Gasteiger partial charge is 0.481 e. The zero-order valence-corrected chi connectivity index (χ0v) is 17.5. The molecular weight excluding hydrogens is 406 g/mol. The summed E-state index contributed by atoms with van der Waals surface area (Å²) in [7, 11) is 1.85. The standard InChI is InChI=1S/C22H18ClN3O2S/c1-13-9-14(7-8-17(13)23)21-16(12-26(2)25-21)10-15(11-20(27)28)22-24-18-5-3-4-6-19(18)29-22/h3-10,12H,11H2,1-2H3,(H,27,28)/b15-10+. The van der Waals surface area contributed by atoms with Crippen molar-refractivity contribution in [2.24, 2.45) is 7.05 Å². The summed E-state index contributed by atoms with van der Waals surface area (Å²) < 4.78 is 2.75. The number of carboxylic acids is 1. The van der Waals surface area contributed by atoms with Gasteiger partial charge in [-0.2, -0.15) is 5.10 Å². The number of hydrogen-bond acceptors (Lipinski definition) is 4. The first kappa shape index (κ1) is 19.4. The van der Waals surface area contributed by atoms with Crippen molar-refractivity contribution >= 4 is 50.8 Å². The molecule has 0 aliphatic carbocycles.